The van der Waals surface area contributed by atoms with Crippen LogP contribution in [0.5, 0.6) is 0 Å². The quantitative estimate of drug-likeness (QED) is 0.813. The lowest BCUT2D eigenvalue weighted by Gasteiger charge is -2.10. The molecule has 0 heterocycles. The first-order chi connectivity index (χ1) is 11.7. The molecule has 0 fully saturated rings. The molecule has 132 valence electrons. The Balaban J connectivity index is 1.96. The van der Waals surface area contributed by atoms with Gasteiger partial charge >= 0.3 is 6.18 Å². The number of anilines is 1. The number of carbonyl (C=O) groups is 2. The van der Waals surface area contributed by atoms with Gasteiger partial charge in [-0.15, -0.1) is 0 Å². The molecule has 2 aromatic rings. The monoisotopic (exact) mass is 390 g/mol. The van der Waals surface area contributed by atoms with Crippen LogP contribution in [0.3, 0.4) is 0 Å². The summed E-state index contributed by atoms with van der Waals surface area (Å²) in [7, 11) is 0. The summed E-state index contributed by atoms with van der Waals surface area (Å²) in [4.78, 5) is 23.7. The molecule has 0 aromatic heterocycles. The van der Waals surface area contributed by atoms with Crippen molar-refractivity contribution in [2.24, 2.45) is 0 Å². The number of benzene rings is 2. The largest absolute Gasteiger partial charge is 0.416 e. The van der Waals surface area contributed by atoms with Gasteiger partial charge in [0.15, 0.2) is 0 Å². The molecule has 0 radical (unpaired) electrons. The predicted molar refractivity (Wildman–Crippen MR) is 88.9 cm³/mol. The minimum Gasteiger partial charge on any atom is -0.343 e. The molecular formula is C16H11Cl2F3N2O2. The van der Waals surface area contributed by atoms with E-state index in [1.807, 2.05) is 0 Å². The fourth-order valence-corrected chi connectivity index (χ4v) is 2.40. The normalized spacial score (nSPS) is 11.1. The highest BCUT2D eigenvalue weighted by molar-refractivity contribution is 6.36. The minimum atomic E-state index is -4.51. The van der Waals surface area contributed by atoms with Gasteiger partial charge in [0.25, 0.3) is 5.91 Å². The van der Waals surface area contributed by atoms with Gasteiger partial charge in [-0.2, -0.15) is 13.2 Å². The minimum absolute atomic E-state index is 0.0291. The summed E-state index contributed by atoms with van der Waals surface area (Å²) in [5, 5.41) is 5.07. The van der Waals surface area contributed by atoms with Crippen molar-refractivity contribution in [2.45, 2.75) is 6.18 Å². The van der Waals surface area contributed by atoms with E-state index in [0.29, 0.717) is 5.02 Å². The van der Waals surface area contributed by atoms with E-state index in [4.69, 9.17) is 23.2 Å². The zero-order valence-corrected chi connectivity index (χ0v) is 14.0. The zero-order chi connectivity index (χ0) is 18.6. The Morgan fingerprint density at radius 3 is 2.40 bits per heavy atom. The second-order valence-electron chi connectivity index (χ2n) is 4.93. The summed E-state index contributed by atoms with van der Waals surface area (Å²) in [5.41, 5.74) is -0.793. The number of amides is 2. The molecule has 0 aliphatic carbocycles. The maximum Gasteiger partial charge on any atom is 0.416 e. The van der Waals surface area contributed by atoms with Crippen LogP contribution in [0.4, 0.5) is 18.9 Å². The molecule has 25 heavy (non-hydrogen) atoms. The molecule has 4 nitrogen and oxygen atoms in total. The van der Waals surface area contributed by atoms with E-state index in [1.165, 1.54) is 30.3 Å². The van der Waals surface area contributed by atoms with Crippen molar-refractivity contribution in [1.29, 1.82) is 0 Å². The standard InChI is InChI=1S/C16H11Cl2F3N2O2/c17-10-4-5-12(13(18)7-10)15(25)22-8-14(24)23-11-3-1-2-9(6-11)16(19,20)21/h1-7H,8H2,(H,22,25)(H,23,24). The van der Waals surface area contributed by atoms with Crippen LogP contribution in [0.2, 0.25) is 10.0 Å². The van der Waals surface area contributed by atoms with Gasteiger partial charge in [0.2, 0.25) is 5.91 Å². The van der Waals surface area contributed by atoms with Gasteiger partial charge in [-0.25, -0.2) is 0 Å². The Labute approximate surface area is 150 Å². The Bertz CT molecular complexity index is 810. The third-order valence-corrected chi connectivity index (χ3v) is 3.61. The van der Waals surface area contributed by atoms with Crippen molar-refractivity contribution in [1.82, 2.24) is 5.32 Å². The third kappa shape index (κ3) is 5.37. The van der Waals surface area contributed by atoms with Crippen LogP contribution in [-0.4, -0.2) is 18.4 Å². The van der Waals surface area contributed by atoms with Gasteiger partial charge in [-0.3, -0.25) is 9.59 Å². The van der Waals surface area contributed by atoms with E-state index in [9.17, 15) is 22.8 Å². The SMILES string of the molecule is O=C(CNC(=O)c1ccc(Cl)cc1Cl)Nc1cccc(C(F)(F)F)c1. The predicted octanol–water partition coefficient (Wildman–Crippen LogP) is 4.38. The van der Waals surface area contributed by atoms with E-state index in [1.54, 1.807) is 0 Å². The first-order valence-corrected chi connectivity index (χ1v) is 7.63. The fraction of sp³-hybridized carbons (Fsp3) is 0.125. The molecule has 0 atom stereocenters. The van der Waals surface area contributed by atoms with Crippen molar-refractivity contribution in [3.8, 4) is 0 Å². The topological polar surface area (TPSA) is 58.2 Å². The Kier molecular flexibility index (Phi) is 5.92. The number of nitrogens with one attached hydrogen (secondary N) is 2. The summed E-state index contributed by atoms with van der Waals surface area (Å²) < 4.78 is 37.9. The Morgan fingerprint density at radius 1 is 1.04 bits per heavy atom. The highest BCUT2D eigenvalue weighted by Crippen LogP contribution is 2.30. The summed E-state index contributed by atoms with van der Waals surface area (Å²) in [6, 6.07) is 8.40. The molecule has 0 unspecified atom stereocenters. The maximum atomic E-state index is 12.6. The highest BCUT2D eigenvalue weighted by atomic mass is 35.5. The van der Waals surface area contributed by atoms with E-state index in [0.717, 1.165) is 12.1 Å². The number of carbonyl (C=O) groups excluding carboxylic acids is 2. The summed E-state index contributed by atoms with van der Waals surface area (Å²) in [6.07, 6.45) is -4.51. The Hall–Kier alpha value is -2.25. The number of halogens is 5. The summed E-state index contributed by atoms with van der Waals surface area (Å²) in [5.74, 6) is -1.29. The van der Waals surface area contributed by atoms with Crippen LogP contribution < -0.4 is 10.6 Å². The molecule has 2 amide bonds. The lowest BCUT2D eigenvalue weighted by molar-refractivity contribution is -0.137. The van der Waals surface area contributed by atoms with Crippen LogP contribution >= 0.6 is 23.2 Å². The van der Waals surface area contributed by atoms with E-state index < -0.39 is 30.1 Å². The van der Waals surface area contributed by atoms with Gasteiger partial charge in [-0.05, 0) is 36.4 Å². The molecule has 0 saturated heterocycles. The molecular weight excluding hydrogens is 380 g/mol. The zero-order valence-electron chi connectivity index (χ0n) is 12.5. The second kappa shape index (κ2) is 7.76. The van der Waals surface area contributed by atoms with Crippen LogP contribution in [-0.2, 0) is 11.0 Å². The third-order valence-electron chi connectivity index (χ3n) is 3.06. The molecule has 0 bridgehead atoms. The van der Waals surface area contributed by atoms with Crippen LogP contribution in [0.1, 0.15) is 15.9 Å². The number of hydrogen-bond acceptors (Lipinski definition) is 2. The second-order valence-corrected chi connectivity index (χ2v) is 5.78. The van der Waals surface area contributed by atoms with Crippen LogP contribution in [0.25, 0.3) is 0 Å². The highest BCUT2D eigenvalue weighted by Gasteiger charge is 2.30. The first-order valence-electron chi connectivity index (χ1n) is 6.87. The Morgan fingerprint density at radius 2 is 1.76 bits per heavy atom. The van der Waals surface area contributed by atoms with Crippen molar-refractivity contribution in [2.75, 3.05) is 11.9 Å². The summed E-state index contributed by atoms with van der Waals surface area (Å²) >= 11 is 11.6. The number of alkyl halides is 3. The lowest BCUT2D eigenvalue weighted by atomic mass is 10.2. The van der Waals surface area contributed by atoms with Gasteiger partial charge in [0.1, 0.15) is 0 Å². The fourth-order valence-electron chi connectivity index (χ4n) is 1.91. The van der Waals surface area contributed by atoms with E-state index in [2.05, 4.69) is 10.6 Å². The maximum absolute atomic E-state index is 12.6. The number of hydrogen-bond donors (Lipinski definition) is 2. The van der Waals surface area contributed by atoms with Gasteiger partial charge in [-0.1, -0.05) is 29.3 Å². The molecule has 2 aromatic carbocycles. The van der Waals surface area contributed by atoms with Crippen molar-refractivity contribution in [3.05, 3.63) is 63.6 Å². The average Bonchev–Trinajstić information content (AvgIpc) is 2.52. The van der Waals surface area contributed by atoms with E-state index in [-0.39, 0.29) is 16.3 Å². The smallest absolute Gasteiger partial charge is 0.343 e. The van der Waals surface area contributed by atoms with Crippen molar-refractivity contribution in [3.63, 3.8) is 0 Å². The lowest BCUT2D eigenvalue weighted by Crippen LogP contribution is -2.33. The van der Waals surface area contributed by atoms with Crippen molar-refractivity contribution < 1.29 is 22.8 Å². The van der Waals surface area contributed by atoms with Crippen molar-refractivity contribution >= 4 is 40.7 Å². The molecule has 0 aliphatic rings. The summed E-state index contributed by atoms with van der Waals surface area (Å²) in [6.45, 7) is -0.436. The molecule has 2 N–H and O–H groups in total. The molecule has 2 rings (SSSR count). The average molecular weight is 391 g/mol. The number of rotatable bonds is 4. The van der Waals surface area contributed by atoms with Crippen LogP contribution in [0.15, 0.2) is 42.5 Å². The van der Waals surface area contributed by atoms with Gasteiger partial charge in [0, 0.05) is 10.7 Å². The van der Waals surface area contributed by atoms with Gasteiger partial charge < -0.3 is 10.6 Å². The first kappa shape index (κ1) is 19.1. The molecule has 0 aliphatic heterocycles. The molecule has 9 heteroatoms. The van der Waals surface area contributed by atoms with Crippen LogP contribution in [0, 0.1) is 0 Å². The molecule has 0 spiro atoms. The van der Waals surface area contributed by atoms with E-state index >= 15 is 0 Å². The molecule has 0 saturated carbocycles. The van der Waals surface area contributed by atoms with Gasteiger partial charge in [0.05, 0.1) is 22.7 Å².